The average molecular weight is 472 g/mol. The Bertz CT molecular complexity index is 672. The number of rotatable bonds is 8. The predicted molar refractivity (Wildman–Crippen MR) is 113 cm³/mol. The number of halogens is 1. The highest BCUT2D eigenvalue weighted by molar-refractivity contribution is 14.0. The van der Waals surface area contributed by atoms with E-state index in [0.717, 1.165) is 18.1 Å². The van der Waals surface area contributed by atoms with Gasteiger partial charge in [0.15, 0.2) is 11.7 Å². The molecule has 142 valence electrons. The van der Waals surface area contributed by atoms with Gasteiger partial charge in [0.05, 0.1) is 19.4 Å². The first-order valence-corrected chi connectivity index (χ1v) is 8.18. The molecule has 0 aliphatic heterocycles. The summed E-state index contributed by atoms with van der Waals surface area (Å²) in [5.41, 5.74) is 1.75. The van der Waals surface area contributed by atoms with Crippen LogP contribution in [0.4, 0.5) is 5.69 Å². The molecule has 8 heteroatoms. The Balaban J connectivity index is 0.00000338. The molecule has 0 radical (unpaired) electrons. The van der Waals surface area contributed by atoms with E-state index >= 15 is 0 Å². The normalized spacial score (nSPS) is 10.8. The number of furan rings is 1. The molecule has 1 heterocycles. The molecule has 0 bridgehead atoms. The van der Waals surface area contributed by atoms with Crippen LogP contribution in [0.15, 0.2) is 52.1 Å². The second-order valence-corrected chi connectivity index (χ2v) is 5.24. The Labute approximate surface area is 170 Å². The standard InChI is InChI=1S/C18H24N4O3.HI/c1-3-19-18(20-10-12-24-2)21-13-14-6-8-15(9-7-14)22-17(23)16-5-4-11-25-16;/h4-9,11H,3,10,12-13H2,1-2H3,(H,22,23)(H2,19,20,21);1H. The molecule has 0 aliphatic rings. The number of hydrogen-bond acceptors (Lipinski definition) is 4. The van der Waals surface area contributed by atoms with Crippen LogP contribution in [0, 0.1) is 0 Å². The van der Waals surface area contributed by atoms with Gasteiger partial charge in [-0.3, -0.25) is 4.79 Å². The lowest BCUT2D eigenvalue weighted by atomic mass is 10.2. The molecule has 0 spiro atoms. The van der Waals surface area contributed by atoms with Crippen molar-refractivity contribution in [3.05, 3.63) is 54.0 Å². The minimum Gasteiger partial charge on any atom is -0.459 e. The minimum absolute atomic E-state index is 0. The second-order valence-electron chi connectivity index (χ2n) is 5.24. The van der Waals surface area contributed by atoms with Gasteiger partial charge in [-0.15, -0.1) is 24.0 Å². The average Bonchev–Trinajstić information content (AvgIpc) is 3.16. The summed E-state index contributed by atoms with van der Waals surface area (Å²) in [5, 5.41) is 9.16. The predicted octanol–water partition coefficient (Wildman–Crippen LogP) is 2.85. The van der Waals surface area contributed by atoms with E-state index in [4.69, 9.17) is 9.15 Å². The van der Waals surface area contributed by atoms with Crippen molar-refractivity contribution < 1.29 is 13.9 Å². The summed E-state index contributed by atoms with van der Waals surface area (Å²) in [6.07, 6.45) is 1.47. The van der Waals surface area contributed by atoms with E-state index in [1.165, 1.54) is 6.26 Å². The zero-order chi connectivity index (χ0) is 17.9. The summed E-state index contributed by atoms with van der Waals surface area (Å²) in [6, 6.07) is 10.9. The van der Waals surface area contributed by atoms with Gasteiger partial charge in [0, 0.05) is 25.9 Å². The number of nitrogens with zero attached hydrogens (tertiary/aromatic N) is 1. The maximum Gasteiger partial charge on any atom is 0.291 e. The van der Waals surface area contributed by atoms with Crippen molar-refractivity contribution in [3.63, 3.8) is 0 Å². The fourth-order valence-electron chi connectivity index (χ4n) is 2.08. The van der Waals surface area contributed by atoms with Gasteiger partial charge in [0.25, 0.3) is 5.91 Å². The molecule has 0 atom stereocenters. The smallest absolute Gasteiger partial charge is 0.291 e. The highest BCUT2D eigenvalue weighted by Crippen LogP contribution is 2.12. The summed E-state index contributed by atoms with van der Waals surface area (Å²) in [4.78, 5) is 16.4. The van der Waals surface area contributed by atoms with Crippen LogP contribution in [0.5, 0.6) is 0 Å². The lowest BCUT2D eigenvalue weighted by molar-refractivity contribution is 0.0996. The molecule has 0 saturated heterocycles. The van der Waals surface area contributed by atoms with Crippen LogP contribution < -0.4 is 16.0 Å². The lowest BCUT2D eigenvalue weighted by Gasteiger charge is -2.11. The number of carbonyl (C=O) groups is 1. The van der Waals surface area contributed by atoms with Crippen LogP contribution in [0.3, 0.4) is 0 Å². The molecule has 2 aromatic rings. The van der Waals surface area contributed by atoms with Gasteiger partial charge in [-0.25, -0.2) is 4.99 Å². The number of hydrogen-bond donors (Lipinski definition) is 3. The molecule has 0 saturated carbocycles. The minimum atomic E-state index is -0.271. The summed E-state index contributed by atoms with van der Waals surface area (Å²) >= 11 is 0. The van der Waals surface area contributed by atoms with Crippen molar-refractivity contribution >= 4 is 41.5 Å². The first-order valence-electron chi connectivity index (χ1n) is 8.18. The molecular weight excluding hydrogens is 447 g/mol. The molecule has 7 nitrogen and oxygen atoms in total. The van der Waals surface area contributed by atoms with E-state index in [0.29, 0.717) is 25.4 Å². The van der Waals surface area contributed by atoms with Crippen LogP contribution in [-0.2, 0) is 11.3 Å². The maximum absolute atomic E-state index is 11.9. The van der Waals surface area contributed by atoms with Crippen molar-refractivity contribution in [1.82, 2.24) is 10.6 Å². The van der Waals surface area contributed by atoms with Crippen molar-refractivity contribution in [2.24, 2.45) is 4.99 Å². The SMILES string of the molecule is CCNC(=NCc1ccc(NC(=O)c2ccco2)cc1)NCCOC.I. The zero-order valence-electron chi connectivity index (χ0n) is 15.0. The molecule has 0 aliphatic carbocycles. The van der Waals surface area contributed by atoms with Crippen LogP contribution in [0.25, 0.3) is 0 Å². The number of anilines is 1. The van der Waals surface area contributed by atoms with Gasteiger partial charge < -0.3 is 25.1 Å². The molecule has 1 aromatic carbocycles. The third-order valence-electron chi connectivity index (χ3n) is 3.32. The topological polar surface area (TPSA) is 87.9 Å². The number of benzene rings is 1. The summed E-state index contributed by atoms with van der Waals surface area (Å²) < 4.78 is 10.1. The second kappa shape index (κ2) is 12.3. The number of carbonyl (C=O) groups excluding carboxylic acids is 1. The van der Waals surface area contributed by atoms with Crippen molar-refractivity contribution in [2.45, 2.75) is 13.5 Å². The Morgan fingerprint density at radius 1 is 1.19 bits per heavy atom. The van der Waals surface area contributed by atoms with Crippen molar-refractivity contribution in [3.8, 4) is 0 Å². The lowest BCUT2D eigenvalue weighted by Crippen LogP contribution is -2.38. The third-order valence-corrected chi connectivity index (χ3v) is 3.32. The quantitative estimate of drug-likeness (QED) is 0.238. The van der Waals surface area contributed by atoms with Crippen LogP contribution in [0.1, 0.15) is 23.0 Å². The fourth-order valence-corrected chi connectivity index (χ4v) is 2.08. The van der Waals surface area contributed by atoms with Gasteiger partial charge in [-0.1, -0.05) is 12.1 Å². The van der Waals surface area contributed by atoms with Crippen LogP contribution >= 0.6 is 24.0 Å². The van der Waals surface area contributed by atoms with E-state index in [1.54, 1.807) is 19.2 Å². The van der Waals surface area contributed by atoms with Gasteiger partial charge in [0.2, 0.25) is 0 Å². The Hall–Kier alpha value is -2.07. The molecule has 1 aromatic heterocycles. The van der Waals surface area contributed by atoms with E-state index in [1.807, 2.05) is 31.2 Å². The van der Waals surface area contributed by atoms with Crippen LogP contribution in [0.2, 0.25) is 0 Å². The first kappa shape index (κ1) is 22.0. The summed E-state index contributed by atoms with van der Waals surface area (Å²) in [7, 11) is 1.66. The van der Waals surface area contributed by atoms with E-state index < -0.39 is 0 Å². The van der Waals surface area contributed by atoms with Gasteiger partial charge in [0.1, 0.15) is 0 Å². The van der Waals surface area contributed by atoms with Gasteiger partial charge in [-0.2, -0.15) is 0 Å². The largest absolute Gasteiger partial charge is 0.459 e. The molecule has 3 N–H and O–H groups in total. The van der Waals surface area contributed by atoms with Crippen molar-refractivity contribution in [1.29, 1.82) is 0 Å². The number of ether oxygens (including phenoxy) is 1. The van der Waals surface area contributed by atoms with Gasteiger partial charge in [-0.05, 0) is 36.8 Å². The number of guanidine groups is 1. The number of aliphatic imine (C=N–C) groups is 1. The molecule has 2 rings (SSSR count). The Morgan fingerprint density at radius 3 is 2.58 bits per heavy atom. The number of amides is 1. The highest BCUT2D eigenvalue weighted by Gasteiger charge is 2.08. The molecular formula is C18H25IN4O3. The maximum atomic E-state index is 11.9. The van der Waals surface area contributed by atoms with Crippen molar-refractivity contribution in [2.75, 3.05) is 32.1 Å². The monoisotopic (exact) mass is 472 g/mol. The van der Waals surface area contributed by atoms with E-state index in [9.17, 15) is 4.79 Å². The van der Waals surface area contributed by atoms with Gasteiger partial charge >= 0.3 is 0 Å². The molecule has 0 unspecified atom stereocenters. The number of methoxy groups -OCH3 is 1. The van der Waals surface area contributed by atoms with E-state index in [-0.39, 0.29) is 35.6 Å². The highest BCUT2D eigenvalue weighted by atomic mass is 127. The van der Waals surface area contributed by atoms with E-state index in [2.05, 4.69) is 20.9 Å². The summed E-state index contributed by atoms with van der Waals surface area (Å²) in [5.74, 6) is 0.758. The third kappa shape index (κ3) is 7.44. The molecule has 0 fully saturated rings. The molecule has 26 heavy (non-hydrogen) atoms. The number of nitrogens with one attached hydrogen (secondary N) is 3. The fraction of sp³-hybridized carbons (Fsp3) is 0.333. The Morgan fingerprint density at radius 2 is 1.96 bits per heavy atom. The Kier molecular flexibility index (Phi) is 10.4. The first-order chi connectivity index (χ1) is 12.2. The zero-order valence-corrected chi connectivity index (χ0v) is 17.3. The van der Waals surface area contributed by atoms with Crippen LogP contribution in [-0.4, -0.2) is 38.7 Å². The summed E-state index contributed by atoms with van der Waals surface area (Å²) in [6.45, 7) is 4.66. The molecule has 1 amide bonds.